The number of aliphatic hydroxyl groups is 1. The van der Waals surface area contributed by atoms with Gasteiger partial charge >= 0.3 is 0 Å². The lowest BCUT2D eigenvalue weighted by molar-refractivity contribution is 0.122. The van der Waals surface area contributed by atoms with Crippen LogP contribution in [-0.2, 0) is 14.9 Å². The molecule has 0 aliphatic rings. The van der Waals surface area contributed by atoms with Gasteiger partial charge in [-0.15, -0.1) is 0 Å². The van der Waals surface area contributed by atoms with Crippen molar-refractivity contribution in [2.45, 2.75) is 6.42 Å². The van der Waals surface area contributed by atoms with Gasteiger partial charge in [0.05, 0.1) is 13.2 Å². The van der Waals surface area contributed by atoms with E-state index in [1.165, 1.54) is 11.4 Å². The average Bonchev–Trinajstić information content (AvgIpc) is 2.30. The van der Waals surface area contributed by atoms with E-state index in [-0.39, 0.29) is 13.2 Å². The summed E-state index contributed by atoms with van der Waals surface area (Å²) in [5.41, 5.74) is 0. The predicted octanol–water partition coefficient (Wildman–Crippen LogP) is -1.29. The summed E-state index contributed by atoms with van der Waals surface area (Å²) in [5, 5.41) is 8.63. The minimum atomic E-state index is -3.45. The maximum atomic E-state index is 11.6. The summed E-state index contributed by atoms with van der Waals surface area (Å²) in [5.74, 6) is 0. The van der Waals surface area contributed by atoms with Crippen LogP contribution in [0.3, 0.4) is 0 Å². The van der Waals surface area contributed by atoms with Gasteiger partial charge in [-0.05, 0) is 20.5 Å². The van der Waals surface area contributed by atoms with Crippen LogP contribution in [0.5, 0.6) is 0 Å². The first-order valence-electron chi connectivity index (χ1n) is 5.94. The first-order valence-corrected chi connectivity index (χ1v) is 7.38. The van der Waals surface area contributed by atoms with Crippen LogP contribution in [0, 0.1) is 0 Å². The van der Waals surface area contributed by atoms with Crippen LogP contribution >= 0.6 is 0 Å². The summed E-state index contributed by atoms with van der Waals surface area (Å²) in [6.07, 6.45) is 0.427. The standard InChI is InChI=1S/C10H25N3O4S/c1-12(2)7-10-17-9-5-11-18(15,16)13(3)6-4-8-14/h11,14H,4-10H2,1-3H3. The van der Waals surface area contributed by atoms with Gasteiger partial charge in [-0.25, -0.2) is 0 Å². The molecule has 0 radical (unpaired) electrons. The van der Waals surface area contributed by atoms with Gasteiger partial charge in [-0.1, -0.05) is 0 Å². The smallest absolute Gasteiger partial charge is 0.279 e. The fraction of sp³-hybridized carbons (Fsp3) is 1.00. The SMILES string of the molecule is CN(C)CCOCCNS(=O)(=O)N(C)CCCO. The molecule has 0 aromatic heterocycles. The maximum Gasteiger partial charge on any atom is 0.279 e. The average molecular weight is 283 g/mol. The molecule has 0 heterocycles. The monoisotopic (exact) mass is 283 g/mol. The Labute approximate surface area is 110 Å². The second-order valence-corrected chi connectivity index (χ2v) is 6.08. The number of nitrogens with zero attached hydrogens (tertiary/aromatic N) is 2. The highest BCUT2D eigenvalue weighted by atomic mass is 32.2. The predicted molar refractivity (Wildman–Crippen MR) is 70.6 cm³/mol. The van der Waals surface area contributed by atoms with E-state index in [1.54, 1.807) is 0 Å². The second kappa shape index (κ2) is 9.65. The molecule has 18 heavy (non-hydrogen) atoms. The zero-order chi connectivity index (χ0) is 14.0. The molecule has 0 rings (SSSR count). The van der Waals surface area contributed by atoms with Gasteiger partial charge in [0.1, 0.15) is 0 Å². The van der Waals surface area contributed by atoms with E-state index in [4.69, 9.17) is 9.84 Å². The Kier molecular flexibility index (Phi) is 9.52. The summed E-state index contributed by atoms with van der Waals surface area (Å²) >= 11 is 0. The first-order chi connectivity index (χ1) is 8.40. The largest absolute Gasteiger partial charge is 0.396 e. The molecule has 0 atom stereocenters. The molecule has 0 fully saturated rings. The molecular weight excluding hydrogens is 258 g/mol. The van der Waals surface area contributed by atoms with Crippen molar-refractivity contribution in [3.05, 3.63) is 0 Å². The number of nitrogens with one attached hydrogen (secondary N) is 1. The van der Waals surface area contributed by atoms with Crippen molar-refractivity contribution in [1.82, 2.24) is 13.9 Å². The minimum Gasteiger partial charge on any atom is -0.396 e. The van der Waals surface area contributed by atoms with Gasteiger partial charge < -0.3 is 14.7 Å². The highest BCUT2D eigenvalue weighted by Gasteiger charge is 2.15. The molecule has 110 valence electrons. The molecule has 0 saturated heterocycles. The lowest BCUT2D eigenvalue weighted by Gasteiger charge is -2.17. The highest BCUT2D eigenvalue weighted by Crippen LogP contribution is 1.94. The Balaban J connectivity index is 3.70. The van der Waals surface area contributed by atoms with Crippen molar-refractivity contribution in [1.29, 1.82) is 0 Å². The van der Waals surface area contributed by atoms with Crippen LogP contribution in [0.15, 0.2) is 0 Å². The maximum absolute atomic E-state index is 11.6. The molecule has 0 aliphatic carbocycles. The summed E-state index contributed by atoms with van der Waals surface area (Å²) in [7, 11) is 1.92. The number of rotatable bonds is 11. The van der Waals surface area contributed by atoms with Crippen LogP contribution in [0.4, 0.5) is 0 Å². The van der Waals surface area contributed by atoms with Crippen LogP contribution in [0.25, 0.3) is 0 Å². The molecule has 7 nitrogen and oxygen atoms in total. The van der Waals surface area contributed by atoms with Gasteiger partial charge in [0.25, 0.3) is 10.2 Å². The number of aliphatic hydroxyl groups excluding tert-OH is 1. The highest BCUT2D eigenvalue weighted by molar-refractivity contribution is 7.87. The van der Waals surface area contributed by atoms with Crippen LogP contribution in [0.2, 0.25) is 0 Å². The molecule has 0 saturated carbocycles. The Morgan fingerprint density at radius 1 is 1.17 bits per heavy atom. The third-order valence-electron chi connectivity index (χ3n) is 2.26. The molecular formula is C10H25N3O4S. The van der Waals surface area contributed by atoms with E-state index in [2.05, 4.69) is 4.72 Å². The van der Waals surface area contributed by atoms with Crippen molar-refractivity contribution >= 4 is 10.2 Å². The zero-order valence-corrected chi connectivity index (χ0v) is 12.2. The Morgan fingerprint density at radius 3 is 2.39 bits per heavy atom. The third-order valence-corrected chi connectivity index (χ3v) is 3.83. The van der Waals surface area contributed by atoms with Crippen molar-refractivity contribution < 1.29 is 18.3 Å². The second-order valence-electron chi connectivity index (χ2n) is 4.21. The lowest BCUT2D eigenvalue weighted by atomic mass is 10.5. The Hall–Kier alpha value is -0.250. The van der Waals surface area contributed by atoms with E-state index in [0.29, 0.717) is 26.2 Å². The van der Waals surface area contributed by atoms with Crippen molar-refractivity contribution in [3.63, 3.8) is 0 Å². The zero-order valence-electron chi connectivity index (χ0n) is 11.4. The Morgan fingerprint density at radius 2 is 1.83 bits per heavy atom. The first kappa shape index (κ1) is 17.8. The van der Waals surface area contributed by atoms with E-state index in [0.717, 1.165) is 6.54 Å². The van der Waals surface area contributed by atoms with Crippen molar-refractivity contribution in [2.24, 2.45) is 0 Å². The van der Waals surface area contributed by atoms with Crippen LogP contribution < -0.4 is 4.72 Å². The molecule has 0 spiro atoms. The topological polar surface area (TPSA) is 82.1 Å². The molecule has 0 aliphatic heterocycles. The third kappa shape index (κ3) is 8.78. The summed E-state index contributed by atoms with van der Waals surface area (Å²) in [6, 6.07) is 0. The molecule has 0 amide bonds. The normalized spacial score (nSPS) is 12.6. The summed E-state index contributed by atoms with van der Waals surface area (Å²) in [4.78, 5) is 1.99. The molecule has 0 unspecified atom stereocenters. The molecule has 0 aromatic carbocycles. The molecule has 8 heteroatoms. The van der Waals surface area contributed by atoms with E-state index in [9.17, 15) is 8.42 Å². The fourth-order valence-electron chi connectivity index (χ4n) is 1.12. The van der Waals surface area contributed by atoms with E-state index >= 15 is 0 Å². The fourth-order valence-corrected chi connectivity index (χ4v) is 2.05. The summed E-state index contributed by atoms with van der Waals surface area (Å²) in [6.45, 7) is 2.26. The van der Waals surface area contributed by atoms with Gasteiger partial charge in [0.15, 0.2) is 0 Å². The number of ether oxygens (including phenoxy) is 1. The minimum absolute atomic E-state index is 0.0203. The number of likely N-dealkylation sites (N-methyl/N-ethyl adjacent to an activating group) is 1. The van der Waals surface area contributed by atoms with E-state index in [1.807, 2.05) is 19.0 Å². The van der Waals surface area contributed by atoms with Gasteiger partial charge in [-0.3, -0.25) is 0 Å². The molecule has 2 N–H and O–H groups in total. The van der Waals surface area contributed by atoms with Crippen LogP contribution in [-0.4, -0.2) is 83.3 Å². The summed E-state index contributed by atoms with van der Waals surface area (Å²) < 4.78 is 32.2. The van der Waals surface area contributed by atoms with Crippen molar-refractivity contribution in [2.75, 3.05) is 60.6 Å². The van der Waals surface area contributed by atoms with E-state index < -0.39 is 10.2 Å². The van der Waals surface area contributed by atoms with Crippen molar-refractivity contribution in [3.8, 4) is 0 Å². The number of hydrogen-bond donors (Lipinski definition) is 2. The van der Waals surface area contributed by atoms with Crippen LogP contribution in [0.1, 0.15) is 6.42 Å². The van der Waals surface area contributed by atoms with Gasteiger partial charge in [0, 0.05) is 33.3 Å². The number of hydrogen-bond acceptors (Lipinski definition) is 5. The lowest BCUT2D eigenvalue weighted by Crippen LogP contribution is -2.40. The molecule has 0 bridgehead atoms. The Bertz CT molecular complexity index is 295. The van der Waals surface area contributed by atoms with Gasteiger partial charge in [0.2, 0.25) is 0 Å². The van der Waals surface area contributed by atoms with Gasteiger partial charge in [-0.2, -0.15) is 17.4 Å². The molecule has 0 aromatic rings. The quantitative estimate of drug-likeness (QED) is 0.461.